The van der Waals surface area contributed by atoms with E-state index < -0.39 is 41.4 Å². The Balaban J connectivity index is 1.92. The molecule has 2 aliphatic rings. The third kappa shape index (κ3) is 4.17. The molecule has 2 fully saturated rings. The van der Waals surface area contributed by atoms with Crippen LogP contribution >= 0.6 is 0 Å². The van der Waals surface area contributed by atoms with Gasteiger partial charge in [0.25, 0.3) is 0 Å². The van der Waals surface area contributed by atoms with E-state index in [0.29, 0.717) is 26.4 Å². The zero-order chi connectivity index (χ0) is 18.9. The molecule has 2 rings (SSSR count). The van der Waals surface area contributed by atoms with Crippen LogP contribution in [0, 0.1) is 16.2 Å². The summed E-state index contributed by atoms with van der Waals surface area (Å²) in [5, 5.41) is 19.9. The van der Waals surface area contributed by atoms with Crippen LogP contribution in [0.15, 0.2) is 0 Å². The molecule has 0 radical (unpaired) electrons. The molecule has 0 amide bonds. The highest BCUT2D eigenvalue weighted by atomic mass is 16.7. The number of methoxy groups -OCH3 is 2. The lowest BCUT2D eigenvalue weighted by molar-refractivity contribution is -0.358. The average Bonchev–Trinajstić information content (AvgIpc) is 2.60. The molecule has 0 saturated carbocycles. The van der Waals surface area contributed by atoms with Crippen molar-refractivity contribution >= 4 is 0 Å². The summed E-state index contributed by atoms with van der Waals surface area (Å²) in [5.41, 5.74) is -1.82. The van der Waals surface area contributed by atoms with Crippen LogP contribution in [0.25, 0.3) is 0 Å². The molecule has 2 unspecified atom stereocenters. The van der Waals surface area contributed by atoms with Gasteiger partial charge in [0, 0.05) is 14.2 Å². The minimum Gasteiger partial charge on any atom is -0.367 e. The van der Waals surface area contributed by atoms with Crippen LogP contribution in [-0.2, 0) is 28.4 Å². The molecule has 2 N–H and O–H groups in total. The van der Waals surface area contributed by atoms with Crippen LogP contribution in [0.1, 0.15) is 27.7 Å². The van der Waals surface area contributed by atoms with Gasteiger partial charge in [-0.1, -0.05) is 27.7 Å². The van der Waals surface area contributed by atoms with E-state index in [0.717, 1.165) is 0 Å². The smallest absolute Gasteiger partial charge is 0.167 e. The third-order valence-corrected chi connectivity index (χ3v) is 5.10. The first-order valence-corrected chi connectivity index (χ1v) is 8.47. The summed E-state index contributed by atoms with van der Waals surface area (Å²) < 4.78 is 33.4. The normalized spacial score (nSPS) is 34.1. The predicted molar refractivity (Wildman–Crippen MR) is 87.4 cm³/mol. The van der Waals surface area contributed by atoms with E-state index in [1.165, 1.54) is 14.2 Å². The van der Waals surface area contributed by atoms with Gasteiger partial charge in [0.2, 0.25) is 0 Å². The molecule has 2 heterocycles. The maximum atomic E-state index is 9.97. The van der Waals surface area contributed by atoms with Crippen molar-refractivity contribution in [1.29, 1.82) is 0 Å². The Labute approximate surface area is 149 Å². The lowest BCUT2D eigenvalue weighted by atomic mass is 9.85. The van der Waals surface area contributed by atoms with E-state index in [1.54, 1.807) is 0 Å². The average molecular weight is 364 g/mol. The van der Waals surface area contributed by atoms with Crippen LogP contribution in [0.4, 0.5) is 0 Å². The van der Waals surface area contributed by atoms with E-state index in [9.17, 15) is 10.2 Å². The summed E-state index contributed by atoms with van der Waals surface area (Å²) in [4.78, 5) is 0. The van der Waals surface area contributed by atoms with Gasteiger partial charge in [-0.2, -0.15) is 0 Å². The molecule has 8 heteroatoms. The quantitative estimate of drug-likeness (QED) is 0.665. The molecule has 2 saturated heterocycles. The first-order chi connectivity index (χ1) is 11.6. The molecular formula is C17H32O8. The fraction of sp³-hybridized carbons (Fsp3) is 1.00. The summed E-state index contributed by atoms with van der Waals surface area (Å²) in [6, 6.07) is 0. The summed E-state index contributed by atoms with van der Waals surface area (Å²) in [6.07, 6.45) is -3.16. The second-order valence-electron chi connectivity index (χ2n) is 8.23. The minimum absolute atomic E-state index is 0.386. The highest BCUT2D eigenvalue weighted by molar-refractivity contribution is 4.89. The van der Waals surface area contributed by atoms with Crippen molar-refractivity contribution in [3.63, 3.8) is 0 Å². The van der Waals surface area contributed by atoms with Crippen molar-refractivity contribution in [2.45, 2.75) is 52.9 Å². The van der Waals surface area contributed by atoms with E-state index in [1.807, 2.05) is 27.7 Å². The zero-order valence-electron chi connectivity index (χ0n) is 16.0. The van der Waals surface area contributed by atoms with Gasteiger partial charge in [-0.3, -0.25) is 0 Å². The Hall–Kier alpha value is -0.320. The van der Waals surface area contributed by atoms with Crippen molar-refractivity contribution in [2.75, 3.05) is 40.6 Å². The van der Waals surface area contributed by atoms with Crippen molar-refractivity contribution in [3.05, 3.63) is 0 Å². The van der Waals surface area contributed by atoms with E-state index in [2.05, 4.69) is 0 Å². The number of rotatable bonds is 6. The fourth-order valence-electron chi connectivity index (χ4n) is 3.06. The molecule has 2 atom stereocenters. The Bertz CT molecular complexity index is 379. The molecular weight excluding hydrogens is 332 g/mol. The SMILES string of the molecule is COC(O)C(C)(C)C1OCC2(CO1)COC(C(C)(C)C(O)OC)OC2. The Kier molecular flexibility index (Phi) is 6.49. The van der Waals surface area contributed by atoms with Crippen molar-refractivity contribution in [3.8, 4) is 0 Å². The lowest BCUT2D eigenvalue weighted by Gasteiger charge is -2.49. The summed E-state index contributed by atoms with van der Waals surface area (Å²) in [7, 11) is 2.88. The highest BCUT2D eigenvalue weighted by Gasteiger charge is 2.50. The summed E-state index contributed by atoms with van der Waals surface area (Å²) in [6.45, 7) is 8.83. The van der Waals surface area contributed by atoms with E-state index in [-0.39, 0.29) is 0 Å². The molecule has 1 spiro atoms. The summed E-state index contributed by atoms with van der Waals surface area (Å²) in [5.74, 6) is 0. The van der Waals surface area contributed by atoms with Gasteiger partial charge in [0.15, 0.2) is 25.2 Å². The molecule has 25 heavy (non-hydrogen) atoms. The summed E-state index contributed by atoms with van der Waals surface area (Å²) >= 11 is 0. The second kappa shape index (κ2) is 7.74. The monoisotopic (exact) mass is 364 g/mol. The second-order valence-corrected chi connectivity index (χ2v) is 8.23. The van der Waals surface area contributed by atoms with Crippen molar-refractivity contribution in [2.24, 2.45) is 16.2 Å². The molecule has 8 nitrogen and oxygen atoms in total. The number of hydrogen-bond acceptors (Lipinski definition) is 8. The van der Waals surface area contributed by atoms with Gasteiger partial charge in [0.1, 0.15) is 0 Å². The standard InChI is InChI=1S/C17H32O8/c1-15(2,11(18)20-5)13-22-7-17(8-23-13)9-24-14(25-10-17)16(3,4)12(19)21-6/h11-14,18-19H,7-10H2,1-6H3. The molecule has 2 aliphatic heterocycles. The maximum Gasteiger partial charge on any atom is 0.167 e. The molecule has 0 aromatic carbocycles. The predicted octanol–water partition coefficient (Wildman–Crippen LogP) is 0.701. The molecule has 0 aromatic heterocycles. The van der Waals surface area contributed by atoms with Gasteiger partial charge < -0.3 is 38.6 Å². The van der Waals surface area contributed by atoms with Crippen molar-refractivity contribution < 1.29 is 38.6 Å². The zero-order valence-corrected chi connectivity index (χ0v) is 16.0. The van der Waals surface area contributed by atoms with Crippen LogP contribution in [-0.4, -0.2) is 76.0 Å². The molecule has 0 aliphatic carbocycles. The Morgan fingerprint density at radius 3 is 1.28 bits per heavy atom. The molecule has 0 aromatic rings. The first kappa shape index (κ1) is 21.0. The van der Waals surface area contributed by atoms with Gasteiger partial charge >= 0.3 is 0 Å². The largest absolute Gasteiger partial charge is 0.367 e. The third-order valence-electron chi connectivity index (χ3n) is 5.10. The first-order valence-electron chi connectivity index (χ1n) is 8.47. The highest BCUT2D eigenvalue weighted by Crippen LogP contribution is 2.40. The maximum absolute atomic E-state index is 9.97. The minimum atomic E-state index is -0.994. The number of hydrogen-bond donors (Lipinski definition) is 2. The number of aliphatic hydroxyl groups is 2. The van der Waals surface area contributed by atoms with Gasteiger partial charge in [0.05, 0.1) is 42.7 Å². The van der Waals surface area contributed by atoms with Crippen LogP contribution in [0.2, 0.25) is 0 Å². The molecule has 148 valence electrons. The van der Waals surface area contributed by atoms with Crippen molar-refractivity contribution in [1.82, 2.24) is 0 Å². The van der Waals surface area contributed by atoms with Gasteiger partial charge in [-0.15, -0.1) is 0 Å². The van der Waals surface area contributed by atoms with E-state index in [4.69, 9.17) is 28.4 Å². The van der Waals surface area contributed by atoms with Crippen LogP contribution in [0.5, 0.6) is 0 Å². The Morgan fingerprint density at radius 1 is 0.760 bits per heavy atom. The Morgan fingerprint density at radius 2 is 1.04 bits per heavy atom. The fourth-order valence-corrected chi connectivity index (χ4v) is 3.06. The van der Waals surface area contributed by atoms with Crippen LogP contribution < -0.4 is 0 Å². The molecule has 0 bridgehead atoms. The number of ether oxygens (including phenoxy) is 6. The van der Waals surface area contributed by atoms with Crippen LogP contribution in [0.3, 0.4) is 0 Å². The number of aliphatic hydroxyl groups excluding tert-OH is 2. The van der Waals surface area contributed by atoms with Gasteiger partial charge in [-0.25, -0.2) is 0 Å². The lowest BCUT2D eigenvalue weighted by Crippen LogP contribution is -2.58. The topological polar surface area (TPSA) is 95.8 Å². The van der Waals surface area contributed by atoms with E-state index >= 15 is 0 Å². The van der Waals surface area contributed by atoms with Gasteiger partial charge in [-0.05, 0) is 0 Å².